The van der Waals surface area contributed by atoms with Crippen molar-refractivity contribution in [1.29, 1.82) is 0 Å². The van der Waals surface area contributed by atoms with E-state index in [2.05, 4.69) is 0 Å². The standard InChI is InChI=1S/C21H13ClF3N3O6/c1-26-14-6-5-11(7-15(14)34-20(26)33)27-9-12(18(30)31)17(29)28(19(27)32)8-10-3-2-4-13(16(10)22)21(23,24)25/h2-7,9H,8H2,1H3,(H,30,31). The third kappa shape index (κ3) is 3.81. The third-order valence-corrected chi connectivity index (χ3v) is 5.61. The van der Waals surface area contributed by atoms with E-state index >= 15 is 0 Å². The summed E-state index contributed by atoms with van der Waals surface area (Å²) in [4.78, 5) is 49.3. The van der Waals surface area contributed by atoms with E-state index in [1.54, 1.807) is 0 Å². The van der Waals surface area contributed by atoms with E-state index in [-0.39, 0.29) is 16.8 Å². The topological polar surface area (TPSA) is 116 Å². The zero-order valence-electron chi connectivity index (χ0n) is 17.1. The Kier molecular flexibility index (Phi) is 5.48. The van der Waals surface area contributed by atoms with Crippen LogP contribution in [0.4, 0.5) is 13.2 Å². The van der Waals surface area contributed by atoms with Crippen LogP contribution in [-0.2, 0) is 19.8 Å². The summed E-state index contributed by atoms with van der Waals surface area (Å²) in [7, 11) is 1.46. The fourth-order valence-electron chi connectivity index (χ4n) is 3.44. The predicted octanol–water partition coefficient (Wildman–Crippen LogP) is 2.86. The minimum absolute atomic E-state index is 0.0539. The molecule has 0 saturated carbocycles. The lowest BCUT2D eigenvalue weighted by Crippen LogP contribution is -2.42. The molecule has 0 saturated heterocycles. The van der Waals surface area contributed by atoms with E-state index in [9.17, 15) is 37.5 Å². The van der Waals surface area contributed by atoms with Crippen molar-refractivity contribution in [2.75, 3.05) is 0 Å². The van der Waals surface area contributed by atoms with E-state index in [1.807, 2.05) is 0 Å². The molecule has 0 aliphatic rings. The number of hydrogen-bond donors (Lipinski definition) is 1. The lowest BCUT2D eigenvalue weighted by atomic mass is 10.1. The number of halogens is 4. The molecule has 2 aromatic carbocycles. The van der Waals surface area contributed by atoms with Gasteiger partial charge in [-0.3, -0.25) is 18.5 Å². The van der Waals surface area contributed by atoms with Crippen molar-refractivity contribution in [2.45, 2.75) is 12.7 Å². The molecule has 0 fully saturated rings. The summed E-state index contributed by atoms with van der Waals surface area (Å²) in [5, 5.41) is 8.75. The van der Waals surface area contributed by atoms with Gasteiger partial charge in [-0.15, -0.1) is 0 Å². The molecular weight excluding hydrogens is 483 g/mol. The number of nitrogens with zero attached hydrogens (tertiary/aromatic N) is 3. The fraction of sp³-hybridized carbons (Fsp3) is 0.143. The van der Waals surface area contributed by atoms with Crippen molar-refractivity contribution in [2.24, 2.45) is 7.05 Å². The number of carbonyl (C=O) groups is 1. The van der Waals surface area contributed by atoms with Gasteiger partial charge in [0.2, 0.25) is 0 Å². The molecule has 0 radical (unpaired) electrons. The van der Waals surface area contributed by atoms with Gasteiger partial charge in [0.25, 0.3) is 5.56 Å². The van der Waals surface area contributed by atoms with Gasteiger partial charge in [-0.2, -0.15) is 13.2 Å². The summed E-state index contributed by atoms with van der Waals surface area (Å²) in [5.41, 5.74) is -3.92. The molecule has 9 nitrogen and oxygen atoms in total. The van der Waals surface area contributed by atoms with Crippen molar-refractivity contribution < 1.29 is 27.5 Å². The lowest BCUT2D eigenvalue weighted by Gasteiger charge is -2.15. The van der Waals surface area contributed by atoms with Crippen LogP contribution >= 0.6 is 11.6 Å². The molecule has 0 unspecified atom stereocenters. The van der Waals surface area contributed by atoms with Gasteiger partial charge in [0.15, 0.2) is 5.58 Å². The molecule has 13 heteroatoms. The van der Waals surface area contributed by atoms with Gasteiger partial charge in [-0.25, -0.2) is 14.4 Å². The zero-order valence-corrected chi connectivity index (χ0v) is 17.8. The van der Waals surface area contributed by atoms with E-state index in [0.717, 1.165) is 22.9 Å². The van der Waals surface area contributed by atoms with Crippen LogP contribution in [0.1, 0.15) is 21.5 Å². The van der Waals surface area contributed by atoms with Gasteiger partial charge in [-0.1, -0.05) is 23.7 Å². The van der Waals surface area contributed by atoms with E-state index in [0.29, 0.717) is 10.1 Å². The number of rotatable bonds is 4. The molecule has 0 atom stereocenters. The maximum atomic E-state index is 13.2. The normalized spacial score (nSPS) is 11.8. The molecule has 34 heavy (non-hydrogen) atoms. The molecule has 0 aliphatic heterocycles. The molecule has 4 rings (SSSR count). The van der Waals surface area contributed by atoms with Crippen molar-refractivity contribution in [3.8, 4) is 5.69 Å². The van der Waals surface area contributed by atoms with Crippen LogP contribution in [0.15, 0.2) is 61.4 Å². The van der Waals surface area contributed by atoms with Crippen LogP contribution in [0.3, 0.4) is 0 Å². The Hall–Kier alpha value is -4.06. The Morgan fingerprint density at radius 1 is 1.15 bits per heavy atom. The Labute approximate surface area is 191 Å². The highest BCUT2D eigenvalue weighted by atomic mass is 35.5. The number of aryl methyl sites for hydroxylation is 1. The fourth-order valence-corrected chi connectivity index (χ4v) is 3.73. The molecular formula is C21H13ClF3N3O6. The minimum atomic E-state index is -4.78. The molecule has 176 valence electrons. The Bertz CT molecular complexity index is 1640. The number of aromatic nitrogens is 3. The monoisotopic (exact) mass is 495 g/mol. The third-order valence-electron chi connectivity index (χ3n) is 5.17. The van der Waals surface area contributed by atoms with Crippen molar-refractivity contribution in [1.82, 2.24) is 13.7 Å². The number of hydrogen-bond acceptors (Lipinski definition) is 5. The van der Waals surface area contributed by atoms with Gasteiger partial charge in [0, 0.05) is 19.3 Å². The largest absolute Gasteiger partial charge is 0.477 e. The molecule has 1 N–H and O–H groups in total. The molecule has 0 amide bonds. The molecule has 2 heterocycles. The minimum Gasteiger partial charge on any atom is -0.477 e. The summed E-state index contributed by atoms with van der Waals surface area (Å²) in [6.07, 6.45) is -3.99. The Balaban J connectivity index is 1.94. The quantitative estimate of drug-likeness (QED) is 0.465. The molecule has 0 aliphatic carbocycles. The molecule has 0 spiro atoms. The summed E-state index contributed by atoms with van der Waals surface area (Å²) >= 11 is 5.88. The second-order valence-corrected chi connectivity index (χ2v) is 7.63. The van der Waals surface area contributed by atoms with Crippen LogP contribution in [0, 0.1) is 0 Å². The van der Waals surface area contributed by atoms with Gasteiger partial charge in [-0.05, 0) is 23.8 Å². The van der Waals surface area contributed by atoms with Gasteiger partial charge in [0.1, 0.15) is 5.56 Å². The van der Waals surface area contributed by atoms with Gasteiger partial charge < -0.3 is 9.52 Å². The van der Waals surface area contributed by atoms with E-state index in [1.165, 1.54) is 35.9 Å². The van der Waals surface area contributed by atoms with Crippen LogP contribution in [-0.4, -0.2) is 24.8 Å². The van der Waals surface area contributed by atoms with Crippen LogP contribution in [0.2, 0.25) is 5.02 Å². The molecule has 4 aromatic rings. The second-order valence-electron chi connectivity index (χ2n) is 7.25. The summed E-state index contributed by atoms with van der Waals surface area (Å²) in [6, 6.07) is 7.10. The first-order valence-corrected chi connectivity index (χ1v) is 9.82. The van der Waals surface area contributed by atoms with Crippen molar-refractivity contribution in [3.63, 3.8) is 0 Å². The predicted molar refractivity (Wildman–Crippen MR) is 114 cm³/mol. The zero-order chi connectivity index (χ0) is 24.9. The maximum absolute atomic E-state index is 13.2. The summed E-state index contributed by atoms with van der Waals surface area (Å²) in [5.74, 6) is -2.33. The number of carboxylic acid groups (broad SMARTS) is 1. The maximum Gasteiger partial charge on any atom is 0.419 e. The smallest absolute Gasteiger partial charge is 0.419 e. The van der Waals surface area contributed by atoms with Crippen molar-refractivity contribution >= 4 is 28.7 Å². The second kappa shape index (κ2) is 8.06. The summed E-state index contributed by atoms with van der Waals surface area (Å²) < 4.78 is 47.2. The average molecular weight is 496 g/mol. The number of benzene rings is 2. The van der Waals surface area contributed by atoms with Crippen LogP contribution in [0.5, 0.6) is 0 Å². The SMILES string of the molecule is Cn1c(=O)oc2cc(-n3cc(C(=O)O)c(=O)n(Cc4cccc(C(F)(F)F)c4Cl)c3=O)ccc21. The molecule has 0 bridgehead atoms. The van der Waals surface area contributed by atoms with Crippen LogP contribution in [0.25, 0.3) is 16.8 Å². The highest BCUT2D eigenvalue weighted by Crippen LogP contribution is 2.36. The first kappa shape index (κ1) is 23.1. The Morgan fingerprint density at radius 3 is 2.50 bits per heavy atom. The number of carboxylic acids is 1. The van der Waals surface area contributed by atoms with Crippen molar-refractivity contribution in [3.05, 3.63) is 95.7 Å². The van der Waals surface area contributed by atoms with E-state index in [4.69, 9.17) is 16.0 Å². The average Bonchev–Trinajstić information content (AvgIpc) is 3.04. The number of alkyl halides is 3. The van der Waals surface area contributed by atoms with Crippen LogP contribution < -0.4 is 17.0 Å². The van der Waals surface area contributed by atoms with E-state index < -0.39 is 51.8 Å². The number of fused-ring (bicyclic) bond motifs is 1. The van der Waals surface area contributed by atoms with Gasteiger partial charge in [0.05, 0.1) is 28.3 Å². The highest BCUT2D eigenvalue weighted by Gasteiger charge is 2.34. The van der Waals surface area contributed by atoms with Gasteiger partial charge >= 0.3 is 23.6 Å². The summed E-state index contributed by atoms with van der Waals surface area (Å²) in [6.45, 7) is -0.718. The molecule has 2 aromatic heterocycles. The number of aromatic carboxylic acids is 1. The lowest BCUT2D eigenvalue weighted by molar-refractivity contribution is -0.137. The Morgan fingerprint density at radius 2 is 1.85 bits per heavy atom. The first-order chi connectivity index (χ1) is 15.9. The number of oxazole rings is 1. The first-order valence-electron chi connectivity index (χ1n) is 9.44. The highest BCUT2D eigenvalue weighted by molar-refractivity contribution is 6.32.